The zero-order valence-corrected chi connectivity index (χ0v) is 11.6. The second-order valence-corrected chi connectivity index (χ2v) is 5.56. The summed E-state index contributed by atoms with van der Waals surface area (Å²) < 4.78 is 5.56. The van der Waals surface area contributed by atoms with Gasteiger partial charge in [-0.05, 0) is 53.6 Å². The molecule has 17 heavy (non-hydrogen) atoms. The van der Waals surface area contributed by atoms with Gasteiger partial charge < -0.3 is 15.0 Å². The van der Waals surface area contributed by atoms with Crippen molar-refractivity contribution in [3.05, 3.63) is 0 Å². The lowest BCUT2D eigenvalue weighted by molar-refractivity contribution is -0.143. The van der Waals surface area contributed by atoms with Gasteiger partial charge in [-0.25, -0.2) is 0 Å². The van der Waals surface area contributed by atoms with Crippen LogP contribution in [0.4, 0.5) is 0 Å². The molecule has 0 bridgehead atoms. The molecule has 1 aliphatic rings. The lowest BCUT2D eigenvalue weighted by Crippen LogP contribution is -2.47. The van der Waals surface area contributed by atoms with Crippen LogP contribution < -0.4 is 5.32 Å². The van der Waals surface area contributed by atoms with Crippen LogP contribution in [-0.4, -0.2) is 48.7 Å². The predicted molar refractivity (Wildman–Crippen MR) is 69.0 cm³/mol. The van der Waals surface area contributed by atoms with Gasteiger partial charge in [0, 0.05) is 12.6 Å². The van der Waals surface area contributed by atoms with Gasteiger partial charge in [0.25, 0.3) is 0 Å². The molecule has 1 rings (SSSR count). The van der Waals surface area contributed by atoms with Crippen molar-refractivity contribution in [1.29, 1.82) is 0 Å². The molecule has 0 spiro atoms. The van der Waals surface area contributed by atoms with Gasteiger partial charge in [0.05, 0.1) is 5.60 Å². The molecule has 0 atom stereocenters. The summed E-state index contributed by atoms with van der Waals surface area (Å²) in [7, 11) is 0. The molecule has 0 unspecified atom stereocenters. The maximum atomic E-state index is 12.1. The fourth-order valence-electron chi connectivity index (χ4n) is 2.12. The average Bonchev–Trinajstić information content (AvgIpc) is 2.28. The van der Waals surface area contributed by atoms with Gasteiger partial charge in [0.2, 0.25) is 5.91 Å². The Balaban J connectivity index is 2.45. The third-order valence-electron chi connectivity index (χ3n) is 3.04. The Morgan fingerprint density at radius 2 is 1.94 bits per heavy atom. The highest BCUT2D eigenvalue weighted by atomic mass is 16.5. The zero-order valence-electron chi connectivity index (χ0n) is 11.6. The molecule has 0 aromatic carbocycles. The lowest BCUT2D eigenvalue weighted by atomic mass is 10.0. The summed E-state index contributed by atoms with van der Waals surface area (Å²) in [5, 5.41) is 3.32. The minimum absolute atomic E-state index is 0.120. The molecule has 1 aliphatic heterocycles. The first-order valence-corrected chi connectivity index (χ1v) is 6.58. The zero-order chi connectivity index (χ0) is 12.9. The van der Waals surface area contributed by atoms with E-state index < -0.39 is 0 Å². The van der Waals surface area contributed by atoms with Crippen molar-refractivity contribution in [2.45, 2.75) is 52.2 Å². The molecule has 0 aromatic rings. The molecule has 0 saturated carbocycles. The Hall–Kier alpha value is -0.610. The number of hydrogen-bond acceptors (Lipinski definition) is 3. The van der Waals surface area contributed by atoms with Gasteiger partial charge in [-0.15, -0.1) is 0 Å². The Morgan fingerprint density at radius 3 is 2.41 bits per heavy atom. The smallest absolute Gasteiger partial charge is 0.248 e. The SMILES string of the molecule is CCN(C(=O)COC(C)(C)C)C1CCNCC1. The first-order chi connectivity index (χ1) is 7.94. The normalized spacial score (nSPS) is 18.1. The predicted octanol–water partition coefficient (Wildman–Crippen LogP) is 1.40. The maximum absolute atomic E-state index is 12.1. The highest BCUT2D eigenvalue weighted by Gasteiger charge is 2.25. The topological polar surface area (TPSA) is 41.6 Å². The number of carbonyl (C=O) groups is 1. The van der Waals surface area contributed by atoms with Crippen molar-refractivity contribution >= 4 is 5.91 Å². The summed E-state index contributed by atoms with van der Waals surface area (Å²) in [5.74, 6) is 0.120. The Labute approximate surface area is 105 Å². The lowest BCUT2D eigenvalue weighted by Gasteiger charge is -2.34. The van der Waals surface area contributed by atoms with E-state index in [1.807, 2.05) is 32.6 Å². The summed E-state index contributed by atoms with van der Waals surface area (Å²) in [5.41, 5.74) is -0.247. The molecule has 4 heteroatoms. The minimum Gasteiger partial charge on any atom is -0.366 e. The van der Waals surface area contributed by atoms with Crippen LogP contribution in [0.15, 0.2) is 0 Å². The van der Waals surface area contributed by atoms with E-state index in [1.165, 1.54) is 0 Å². The van der Waals surface area contributed by atoms with Gasteiger partial charge in [-0.1, -0.05) is 0 Å². The molecule has 0 radical (unpaired) electrons. The molecular formula is C13H26N2O2. The summed E-state index contributed by atoms with van der Waals surface area (Å²) in [6.45, 7) is 10.9. The number of nitrogens with one attached hydrogen (secondary N) is 1. The van der Waals surface area contributed by atoms with Gasteiger partial charge in [0.1, 0.15) is 6.61 Å². The number of rotatable bonds is 4. The number of amides is 1. The highest BCUT2D eigenvalue weighted by Crippen LogP contribution is 2.13. The van der Waals surface area contributed by atoms with Crippen molar-refractivity contribution in [3.8, 4) is 0 Å². The highest BCUT2D eigenvalue weighted by molar-refractivity contribution is 5.77. The molecule has 0 aromatic heterocycles. The van der Waals surface area contributed by atoms with Crippen LogP contribution in [-0.2, 0) is 9.53 Å². The number of nitrogens with zero attached hydrogens (tertiary/aromatic N) is 1. The van der Waals surface area contributed by atoms with Crippen LogP contribution in [0.5, 0.6) is 0 Å². The molecule has 1 heterocycles. The van der Waals surface area contributed by atoms with Crippen LogP contribution in [0.3, 0.4) is 0 Å². The van der Waals surface area contributed by atoms with Crippen LogP contribution in [0.2, 0.25) is 0 Å². The summed E-state index contributed by atoms with van der Waals surface area (Å²) in [6.07, 6.45) is 2.10. The van der Waals surface area contributed by atoms with Gasteiger partial charge in [-0.3, -0.25) is 4.79 Å². The number of ether oxygens (including phenoxy) is 1. The van der Waals surface area contributed by atoms with Crippen LogP contribution in [0, 0.1) is 0 Å². The van der Waals surface area contributed by atoms with E-state index in [4.69, 9.17) is 4.74 Å². The van der Waals surface area contributed by atoms with Gasteiger partial charge in [-0.2, -0.15) is 0 Å². The number of piperidine rings is 1. The standard InChI is InChI=1S/C13H26N2O2/c1-5-15(11-6-8-14-9-7-11)12(16)10-17-13(2,3)4/h11,14H,5-10H2,1-4H3. The Kier molecular flexibility index (Phi) is 5.40. The van der Waals surface area contributed by atoms with Crippen molar-refractivity contribution in [3.63, 3.8) is 0 Å². The Morgan fingerprint density at radius 1 is 1.35 bits per heavy atom. The number of carbonyl (C=O) groups excluding carboxylic acids is 1. The third-order valence-corrected chi connectivity index (χ3v) is 3.04. The number of hydrogen-bond donors (Lipinski definition) is 1. The quantitative estimate of drug-likeness (QED) is 0.810. The van der Waals surface area contributed by atoms with E-state index in [2.05, 4.69) is 5.32 Å². The minimum atomic E-state index is -0.247. The molecular weight excluding hydrogens is 216 g/mol. The van der Waals surface area contributed by atoms with E-state index in [9.17, 15) is 4.79 Å². The van der Waals surface area contributed by atoms with Crippen molar-refractivity contribution in [1.82, 2.24) is 10.2 Å². The average molecular weight is 242 g/mol. The Bertz CT molecular complexity index is 242. The second-order valence-electron chi connectivity index (χ2n) is 5.56. The molecule has 100 valence electrons. The summed E-state index contributed by atoms with van der Waals surface area (Å²) in [4.78, 5) is 14.1. The largest absolute Gasteiger partial charge is 0.366 e. The van der Waals surface area contributed by atoms with Crippen molar-refractivity contribution < 1.29 is 9.53 Å². The molecule has 0 aliphatic carbocycles. The fourth-order valence-corrected chi connectivity index (χ4v) is 2.12. The third kappa shape index (κ3) is 5.04. The van der Waals surface area contributed by atoms with E-state index in [-0.39, 0.29) is 18.1 Å². The van der Waals surface area contributed by atoms with Gasteiger partial charge >= 0.3 is 0 Å². The molecule has 1 fully saturated rings. The van der Waals surface area contributed by atoms with Crippen molar-refractivity contribution in [2.24, 2.45) is 0 Å². The first kappa shape index (κ1) is 14.5. The summed E-state index contributed by atoms with van der Waals surface area (Å²) >= 11 is 0. The molecule has 1 saturated heterocycles. The maximum Gasteiger partial charge on any atom is 0.248 e. The fraction of sp³-hybridized carbons (Fsp3) is 0.923. The second kappa shape index (κ2) is 6.36. The molecule has 1 N–H and O–H groups in total. The van der Waals surface area contributed by atoms with Crippen LogP contribution in [0.1, 0.15) is 40.5 Å². The van der Waals surface area contributed by atoms with Crippen LogP contribution in [0.25, 0.3) is 0 Å². The van der Waals surface area contributed by atoms with Gasteiger partial charge in [0.15, 0.2) is 0 Å². The molecule has 4 nitrogen and oxygen atoms in total. The van der Waals surface area contributed by atoms with E-state index in [0.29, 0.717) is 6.04 Å². The first-order valence-electron chi connectivity index (χ1n) is 6.58. The van der Waals surface area contributed by atoms with E-state index in [1.54, 1.807) is 0 Å². The summed E-state index contributed by atoms with van der Waals surface area (Å²) in [6, 6.07) is 0.386. The van der Waals surface area contributed by atoms with Crippen LogP contribution >= 0.6 is 0 Å². The van der Waals surface area contributed by atoms with E-state index in [0.717, 1.165) is 32.5 Å². The van der Waals surface area contributed by atoms with E-state index >= 15 is 0 Å². The van der Waals surface area contributed by atoms with Crippen molar-refractivity contribution in [2.75, 3.05) is 26.2 Å². The monoisotopic (exact) mass is 242 g/mol. The molecule has 1 amide bonds. The number of likely N-dealkylation sites (N-methyl/N-ethyl adjacent to an activating group) is 1.